The molecular formula is C12H23BN2O4. The summed E-state index contributed by atoms with van der Waals surface area (Å²) >= 11 is 0. The molecule has 6 nitrogen and oxygen atoms in total. The summed E-state index contributed by atoms with van der Waals surface area (Å²) in [5.74, 6) is -0.892. The topological polar surface area (TPSA) is 93.0 Å². The van der Waals surface area contributed by atoms with Crippen LogP contribution in [0, 0.1) is 11.8 Å². The number of carboxylic acid groups (broad SMARTS) is 1. The second-order valence-electron chi connectivity index (χ2n) is 5.72. The summed E-state index contributed by atoms with van der Waals surface area (Å²) in [6.07, 6.45) is 2.84. The van der Waals surface area contributed by atoms with Crippen LogP contribution in [0.4, 0.5) is 0 Å². The zero-order valence-electron chi connectivity index (χ0n) is 11.2. The van der Waals surface area contributed by atoms with Crippen molar-refractivity contribution in [3.8, 4) is 0 Å². The van der Waals surface area contributed by atoms with E-state index in [0.29, 0.717) is 25.3 Å². The van der Waals surface area contributed by atoms with Gasteiger partial charge in [-0.3, -0.25) is 9.69 Å². The van der Waals surface area contributed by atoms with Gasteiger partial charge in [-0.15, -0.1) is 0 Å². The number of carboxylic acids is 1. The molecule has 2 fully saturated rings. The Bertz CT molecular complexity index is 310. The van der Waals surface area contributed by atoms with Gasteiger partial charge in [-0.1, -0.05) is 6.42 Å². The molecule has 0 aromatic rings. The van der Waals surface area contributed by atoms with Crippen molar-refractivity contribution >= 4 is 13.1 Å². The molecule has 4 N–H and O–H groups in total. The van der Waals surface area contributed by atoms with Crippen LogP contribution in [-0.2, 0) is 4.79 Å². The molecule has 0 aromatic carbocycles. The number of carbonyl (C=O) groups is 1. The van der Waals surface area contributed by atoms with Crippen molar-refractivity contribution in [2.75, 3.05) is 26.2 Å². The van der Waals surface area contributed by atoms with E-state index in [4.69, 9.17) is 10.0 Å². The fourth-order valence-corrected chi connectivity index (χ4v) is 3.29. The third kappa shape index (κ3) is 3.92. The highest BCUT2D eigenvalue weighted by Gasteiger charge is 2.40. The summed E-state index contributed by atoms with van der Waals surface area (Å²) < 4.78 is 0. The van der Waals surface area contributed by atoms with E-state index in [2.05, 4.69) is 10.2 Å². The van der Waals surface area contributed by atoms with Gasteiger partial charge in [0.15, 0.2) is 0 Å². The fourth-order valence-electron chi connectivity index (χ4n) is 3.29. The van der Waals surface area contributed by atoms with E-state index in [-0.39, 0.29) is 11.8 Å². The Morgan fingerprint density at radius 1 is 1.37 bits per heavy atom. The zero-order chi connectivity index (χ0) is 13.8. The van der Waals surface area contributed by atoms with Crippen molar-refractivity contribution in [2.24, 2.45) is 11.8 Å². The van der Waals surface area contributed by atoms with Crippen LogP contribution in [-0.4, -0.2) is 65.4 Å². The molecule has 2 aliphatic heterocycles. The van der Waals surface area contributed by atoms with Crippen molar-refractivity contribution in [3.63, 3.8) is 0 Å². The lowest BCUT2D eigenvalue weighted by Crippen LogP contribution is -2.35. The van der Waals surface area contributed by atoms with Crippen LogP contribution in [0.25, 0.3) is 0 Å². The van der Waals surface area contributed by atoms with Crippen molar-refractivity contribution < 1.29 is 19.9 Å². The Labute approximate surface area is 113 Å². The van der Waals surface area contributed by atoms with Crippen molar-refractivity contribution in [1.82, 2.24) is 10.2 Å². The summed E-state index contributed by atoms with van der Waals surface area (Å²) in [5.41, 5.74) is 0. The Balaban J connectivity index is 1.86. The Morgan fingerprint density at radius 2 is 2.16 bits per heavy atom. The van der Waals surface area contributed by atoms with E-state index in [1.165, 1.54) is 0 Å². The summed E-state index contributed by atoms with van der Waals surface area (Å²) in [5, 5.41) is 30.3. The maximum Gasteiger partial charge on any atom is 0.451 e. The van der Waals surface area contributed by atoms with E-state index < -0.39 is 13.1 Å². The average Bonchev–Trinajstić information content (AvgIpc) is 2.96. The van der Waals surface area contributed by atoms with E-state index in [9.17, 15) is 9.90 Å². The molecule has 2 rings (SSSR count). The first-order valence-corrected chi connectivity index (χ1v) is 7.11. The largest absolute Gasteiger partial charge is 0.481 e. The first-order valence-electron chi connectivity index (χ1n) is 7.11. The molecule has 0 amide bonds. The standard InChI is InChI=1S/C12H23BN2O4/c16-12(17)11-8-15(10-3-5-14-6-10)7-9(11)2-1-4-13(18)19/h9-11,14,18-19H,1-8H2,(H,16,17). The molecule has 0 bridgehead atoms. The molecule has 7 heteroatoms. The molecule has 108 valence electrons. The number of aliphatic carboxylic acids is 1. The molecule has 19 heavy (non-hydrogen) atoms. The molecule has 2 heterocycles. The number of nitrogens with one attached hydrogen (secondary N) is 1. The molecule has 3 atom stereocenters. The summed E-state index contributed by atoms with van der Waals surface area (Å²) in [7, 11) is -1.28. The second-order valence-corrected chi connectivity index (χ2v) is 5.72. The van der Waals surface area contributed by atoms with E-state index in [1.807, 2.05) is 0 Å². The van der Waals surface area contributed by atoms with E-state index >= 15 is 0 Å². The lowest BCUT2D eigenvalue weighted by Gasteiger charge is -2.22. The van der Waals surface area contributed by atoms with Crippen LogP contribution >= 0.6 is 0 Å². The molecule has 3 unspecified atom stereocenters. The van der Waals surface area contributed by atoms with Crippen LogP contribution in [0.2, 0.25) is 6.32 Å². The van der Waals surface area contributed by atoms with Crippen LogP contribution < -0.4 is 5.32 Å². The van der Waals surface area contributed by atoms with Crippen LogP contribution in [0.5, 0.6) is 0 Å². The smallest absolute Gasteiger partial charge is 0.451 e. The third-order valence-corrected chi connectivity index (χ3v) is 4.37. The number of hydrogen-bond donors (Lipinski definition) is 4. The van der Waals surface area contributed by atoms with Gasteiger partial charge in [-0.2, -0.15) is 0 Å². The average molecular weight is 270 g/mol. The van der Waals surface area contributed by atoms with E-state index in [0.717, 1.165) is 32.5 Å². The summed E-state index contributed by atoms with van der Waals surface area (Å²) in [6, 6.07) is 0.468. The highest BCUT2D eigenvalue weighted by atomic mass is 16.4. The molecule has 2 aliphatic rings. The Morgan fingerprint density at radius 3 is 2.74 bits per heavy atom. The third-order valence-electron chi connectivity index (χ3n) is 4.37. The van der Waals surface area contributed by atoms with Gasteiger partial charge in [-0.05, 0) is 31.6 Å². The van der Waals surface area contributed by atoms with Gasteiger partial charge in [0.25, 0.3) is 0 Å². The Hall–Kier alpha value is -0.625. The van der Waals surface area contributed by atoms with Gasteiger partial charge < -0.3 is 20.5 Å². The van der Waals surface area contributed by atoms with Gasteiger partial charge in [0.05, 0.1) is 5.92 Å². The normalized spacial score (nSPS) is 31.8. The first kappa shape index (κ1) is 14.8. The number of rotatable bonds is 6. The number of nitrogens with zero attached hydrogens (tertiary/aromatic N) is 1. The van der Waals surface area contributed by atoms with Gasteiger partial charge in [0.2, 0.25) is 0 Å². The Kier molecular flexibility index (Phi) is 5.21. The van der Waals surface area contributed by atoms with Crippen molar-refractivity contribution in [3.05, 3.63) is 0 Å². The molecule has 0 aromatic heterocycles. The predicted octanol–water partition coefficient (Wildman–Crippen LogP) is -0.766. The predicted molar refractivity (Wildman–Crippen MR) is 71.7 cm³/mol. The quantitative estimate of drug-likeness (QED) is 0.474. The number of likely N-dealkylation sites (tertiary alicyclic amines) is 1. The maximum absolute atomic E-state index is 11.3. The minimum Gasteiger partial charge on any atom is -0.481 e. The minimum absolute atomic E-state index is 0.136. The lowest BCUT2D eigenvalue weighted by molar-refractivity contribution is -0.142. The minimum atomic E-state index is -1.28. The van der Waals surface area contributed by atoms with Crippen LogP contribution in [0.1, 0.15) is 19.3 Å². The van der Waals surface area contributed by atoms with Gasteiger partial charge in [0, 0.05) is 25.7 Å². The molecule has 0 saturated carbocycles. The van der Waals surface area contributed by atoms with Crippen LogP contribution in [0.15, 0.2) is 0 Å². The lowest BCUT2D eigenvalue weighted by atomic mass is 9.80. The van der Waals surface area contributed by atoms with Crippen molar-refractivity contribution in [2.45, 2.75) is 31.6 Å². The fraction of sp³-hybridized carbons (Fsp3) is 0.917. The molecule has 0 aliphatic carbocycles. The van der Waals surface area contributed by atoms with E-state index in [1.54, 1.807) is 0 Å². The van der Waals surface area contributed by atoms with Crippen LogP contribution in [0.3, 0.4) is 0 Å². The van der Waals surface area contributed by atoms with Gasteiger partial charge in [0.1, 0.15) is 0 Å². The summed E-state index contributed by atoms with van der Waals surface area (Å²) in [6.45, 7) is 3.42. The maximum atomic E-state index is 11.3. The highest BCUT2D eigenvalue weighted by molar-refractivity contribution is 6.40. The molecule has 0 radical (unpaired) electrons. The first-order chi connectivity index (χ1) is 9.08. The number of hydrogen-bond acceptors (Lipinski definition) is 5. The van der Waals surface area contributed by atoms with Gasteiger partial charge in [-0.25, -0.2) is 0 Å². The zero-order valence-corrected chi connectivity index (χ0v) is 11.2. The molecular weight excluding hydrogens is 247 g/mol. The monoisotopic (exact) mass is 270 g/mol. The highest BCUT2D eigenvalue weighted by Crippen LogP contribution is 2.30. The van der Waals surface area contributed by atoms with Crippen molar-refractivity contribution in [1.29, 1.82) is 0 Å². The SMILES string of the molecule is O=C(O)C1CN(C2CCNC2)CC1CCCB(O)O. The second kappa shape index (κ2) is 6.70. The summed E-state index contributed by atoms with van der Waals surface area (Å²) in [4.78, 5) is 13.6. The molecule has 0 spiro atoms. The molecule has 2 saturated heterocycles. The van der Waals surface area contributed by atoms with Gasteiger partial charge >= 0.3 is 13.1 Å².